The van der Waals surface area contributed by atoms with Crippen molar-refractivity contribution in [3.05, 3.63) is 175 Å². The van der Waals surface area contributed by atoms with Crippen molar-refractivity contribution in [1.82, 2.24) is 0 Å². The van der Waals surface area contributed by atoms with Gasteiger partial charge in [0.05, 0.1) is 28.4 Å². The fourth-order valence-electron chi connectivity index (χ4n) is 8.96. The molecule has 0 aliphatic carbocycles. The van der Waals surface area contributed by atoms with Crippen molar-refractivity contribution in [3.63, 3.8) is 0 Å². The quantitative estimate of drug-likeness (QED) is 0.164. The Bertz CT molecular complexity index is 2810. The summed E-state index contributed by atoms with van der Waals surface area (Å²) in [6.45, 7) is 27.4. The molecule has 0 unspecified atom stereocenters. The van der Waals surface area contributed by atoms with E-state index in [0.29, 0.717) is 56.1 Å². The molecule has 0 bridgehead atoms. The van der Waals surface area contributed by atoms with E-state index < -0.39 is 0 Å². The zero-order valence-electron chi connectivity index (χ0n) is 38.4. The third-order valence-corrected chi connectivity index (χ3v) is 12.5. The average Bonchev–Trinajstić information content (AvgIpc) is 3.70. The van der Waals surface area contributed by atoms with E-state index in [2.05, 4.69) is 97.5 Å². The smallest absolute Gasteiger partial charge is 0.166 e. The van der Waals surface area contributed by atoms with E-state index in [-0.39, 0.29) is 34.1 Å². The first-order valence-corrected chi connectivity index (χ1v) is 21.3. The number of aryl methyl sites for hydroxylation is 8. The van der Waals surface area contributed by atoms with E-state index >= 15 is 17.6 Å². The number of anilines is 8. The van der Waals surface area contributed by atoms with Gasteiger partial charge in [-0.05, 0) is 195 Å². The molecule has 62 heavy (non-hydrogen) atoms. The lowest BCUT2D eigenvalue weighted by atomic mass is 9.86. The van der Waals surface area contributed by atoms with Gasteiger partial charge in [0.1, 0.15) is 23.3 Å². The molecule has 0 spiro atoms. The highest BCUT2D eigenvalue weighted by Gasteiger charge is 2.46. The Hall–Kier alpha value is -6.02. The van der Waals surface area contributed by atoms with Crippen LogP contribution in [0, 0.1) is 78.7 Å². The van der Waals surface area contributed by atoms with E-state index in [4.69, 9.17) is 0 Å². The predicted octanol–water partition coefficient (Wildman–Crippen LogP) is 15.7. The number of fused-ring (bicyclic) bond motifs is 2. The van der Waals surface area contributed by atoms with Crippen molar-refractivity contribution in [2.24, 2.45) is 0 Å². The van der Waals surface area contributed by atoms with Gasteiger partial charge in [-0.3, -0.25) is 19.6 Å². The highest BCUT2D eigenvalue weighted by atomic mass is 19.1. The molecule has 0 radical (unpaired) electrons. The van der Waals surface area contributed by atoms with Gasteiger partial charge in [0, 0.05) is 17.1 Å². The molecule has 8 rings (SSSR count). The second-order valence-corrected chi connectivity index (χ2v) is 19.5. The Morgan fingerprint density at radius 2 is 0.645 bits per heavy atom. The third-order valence-electron chi connectivity index (χ3n) is 12.5. The molecule has 0 saturated carbocycles. The summed E-state index contributed by atoms with van der Waals surface area (Å²) in [5.74, 6) is 0.162. The number of benzene rings is 6. The molecule has 320 valence electrons. The van der Waals surface area contributed by atoms with Crippen LogP contribution in [0.25, 0.3) is 0 Å². The lowest BCUT2D eigenvalue weighted by Gasteiger charge is -2.35. The number of rotatable bonds is 4. The van der Waals surface area contributed by atoms with Crippen LogP contribution in [0.3, 0.4) is 0 Å². The summed E-state index contributed by atoms with van der Waals surface area (Å²) in [4.78, 5) is 8.70. The molecule has 4 nitrogen and oxygen atoms in total. The minimum Gasteiger partial charge on any atom is -0.291 e. The normalized spacial score (nSPS) is 15.3. The Kier molecular flexibility index (Phi) is 10.2. The fourth-order valence-corrected chi connectivity index (χ4v) is 8.96. The molecule has 0 amide bonds. The van der Waals surface area contributed by atoms with E-state index in [1.54, 1.807) is 54.5 Å². The Balaban J connectivity index is 1.64. The van der Waals surface area contributed by atoms with E-state index in [1.165, 1.54) is 0 Å². The first-order chi connectivity index (χ1) is 29.0. The van der Waals surface area contributed by atoms with E-state index in [9.17, 15) is 0 Å². The van der Waals surface area contributed by atoms with Crippen molar-refractivity contribution in [1.29, 1.82) is 0 Å². The summed E-state index contributed by atoms with van der Waals surface area (Å²) in [7, 11) is 0. The van der Waals surface area contributed by atoms with Crippen LogP contribution in [0.2, 0.25) is 0 Å². The molecule has 8 heteroatoms. The number of hydrogen-bond acceptors (Lipinski definition) is 4. The molecular weight excluding hydrogens is 781 g/mol. The second-order valence-electron chi connectivity index (χ2n) is 19.5. The van der Waals surface area contributed by atoms with E-state index in [0.717, 1.165) is 56.6 Å². The van der Waals surface area contributed by atoms with Crippen molar-refractivity contribution in [3.8, 4) is 0 Å². The van der Waals surface area contributed by atoms with Gasteiger partial charge in [-0.15, -0.1) is 0 Å². The first kappa shape index (κ1) is 42.7. The highest BCUT2D eigenvalue weighted by Crippen LogP contribution is 2.59. The van der Waals surface area contributed by atoms with Crippen molar-refractivity contribution < 1.29 is 17.6 Å². The number of hydrogen-bond donors (Lipinski definition) is 0. The summed E-state index contributed by atoms with van der Waals surface area (Å²) < 4.78 is 62.7. The van der Waals surface area contributed by atoms with E-state index in [1.807, 2.05) is 49.4 Å². The molecule has 0 aromatic heterocycles. The highest BCUT2D eigenvalue weighted by molar-refractivity contribution is 6.01. The van der Waals surface area contributed by atoms with Crippen molar-refractivity contribution in [2.45, 2.75) is 108 Å². The lowest BCUT2D eigenvalue weighted by Crippen LogP contribution is -2.34. The van der Waals surface area contributed by atoms with Crippen LogP contribution in [0.4, 0.5) is 63.1 Å². The lowest BCUT2D eigenvalue weighted by molar-refractivity contribution is 0.590. The van der Waals surface area contributed by atoms with Gasteiger partial charge < -0.3 is 0 Å². The molecule has 0 saturated heterocycles. The summed E-state index contributed by atoms with van der Waals surface area (Å²) in [6, 6.07) is 27.5. The Morgan fingerprint density at radius 1 is 0.323 bits per heavy atom. The molecule has 2 aliphatic rings. The standard InChI is InChI=1S/C54H56F4N4/c1-29-26-45(30(2)25-42(29)55)62-47-28-38(54(12,13)14)16-18-44(47)60(40-21-33(5)49(57)34(6)22-40)52(62)51-59(39-19-31(3)48(56)32(4)20-39)43-17-15-37(53(9,10)11)27-46(43)61(51)41-23-35(7)50(58)36(8)24-41/h15-28H,1-14H3/b52-51-. The minimum atomic E-state index is -0.314. The van der Waals surface area contributed by atoms with Crippen LogP contribution >= 0.6 is 0 Å². The van der Waals surface area contributed by atoms with Crippen LogP contribution in [-0.2, 0) is 10.8 Å². The van der Waals surface area contributed by atoms with Crippen LogP contribution in [-0.4, -0.2) is 0 Å². The van der Waals surface area contributed by atoms with Crippen LogP contribution in [0.15, 0.2) is 96.6 Å². The molecule has 2 aliphatic heterocycles. The van der Waals surface area contributed by atoms with Gasteiger partial charge >= 0.3 is 0 Å². The van der Waals surface area contributed by atoms with Crippen molar-refractivity contribution in [2.75, 3.05) is 19.6 Å². The summed E-state index contributed by atoms with van der Waals surface area (Å²) in [5, 5.41) is 0. The van der Waals surface area contributed by atoms with Crippen LogP contribution < -0.4 is 19.6 Å². The van der Waals surface area contributed by atoms with Gasteiger partial charge in [-0.25, -0.2) is 17.6 Å². The zero-order valence-corrected chi connectivity index (χ0v) is 38.4. The second kappa shape index (κ2) is 14.8. The monoisotopic (exact) mass is 836 g/mol. The van der Waals surface area contributed by atoms with Gasteiger partial charge in [0.2, 0.25) is 0 Å². The Labute approximate surface area is 364 Å². The first-order valence-electron chi connectivity index (χ1n) is 21.3. The maximum atomic E-state index is 15.7. The molecule has 6 aromatic carbocycles. The van der Waals surface area contributed by atoms with Crippen LogP contribution in [0.5, 0.6) is 0 Å². The Morgan fingerprint density at radius 3 is 1.00 bits per heavy atom. The molecule has 0 atom stereocenters. The molecular formula is C54H56F4N4. The topological polar surface area (TPSA) is 13.0 Å². The molecule has 6 aromatic rings. The summed E-state index contributed by atoms with van der Waals surface area (Å²) >= 11 is 0. The number of halogens is 4. The zero-order chi connectivity index (χ0) is 45.1. The fraction of sp³-hybridized carbons (Fsp3) is 0.296. The molecule has 0 fully saturated rings. The third kappa shape index (κ3) is 6.92. The minimum absolute atomic E-state index is 0.240. The van der Waals surface area contributed by atoms with Gasteiger partial charge in [0.25, 0.3) is 0 Å². The summed E-state index contributed by atoms with van der Waals surface area (Å²) in [6.07, 6.45) is 0. The predicted molar refractivity (Wildman–Crippen MR) is 249 cm³/mol. The summed E-state index contributed by atoms with van der Waals surface area (Å²) in [5.41, 5.74) is 12.0. The average molecular weight is 837 g/mol. The van der Waals surface area contributed by atoms with Gasteiger partial charge in [0.15, 0.2) is 11.6 Å². The van der Waals surface area contributed by atoms with Gasteiger partial charge in [-0.2, -0.15) is 0 Å². The maximum Gasteiger partial charge on any atom is 0.166 e. The number of nitrogens with zero attached hydrogens (tertiary/aromatic N) is 4. The molecule has 0 N–H and O–H groups in total. The van der Waals surface area contributed by atoms with Crippen molar-refractivity contribution >= 4 is 45.5 Å². The van der Waals surface area contributed by atoms with Gasteiger partial charge in [-0.1, -0.05) is 53.7 Å². The largest absolute Gasteiger partial charge is 0.291 e. The molecule has 2 heterocycles. The SMILES string of the molecule is Cc1cc(N2/C(=C3/N(c4cc(C)c(F)c(C)c4)c4ccc(C(C)(C)C)cc4N3c3cc(C)c(F)c(C)c3)N(c3cc(C)c(F)c(C)c3)c3ccc(C(C)(C)C)cc32)c(C)cc1F. The van der Waals surface area contributed by atoms with Crippen LogP contribution in [0.1, 0.15) is 97.2 Å². The maximum absolute atomic E-state index is 15.7.